The summed E-state index contributed by atoms with van der Waals surface area (Å²) in [5.74, 6) is 3.47. The molecule has 1 rings (SSSR count). The van der Waals surface area contributed by atoms with Gasteiger partial charge in [0.2, 0.25) is 0 Å². The molecule has 0 saturated carbocycles. The highest BCUT2D eigenvalue weighted by molar-refractivity contribution is 6.87. The van der Waals surface area contributed by atoms with Crippen molar-refractivity contribution >= 4 is 8.07 Å². The Labute approximate surface area is 182 Å². The van der Waals surface area contributed by atoms with Crippen molar-refractivity contribution in [3.8, 4) is 11.5 Å². The van der Waals surface area contributed by atoms with Crippen molar-refractivity contribution in [1.29, 1.82) is 0 Å². The van der Waals surface area contributed by atoms with E-state index in [2.05, 4.69) is 88.7 Å². The largest absolute Gasteiger partial charge is 0.381 e. The maximum absolute atomic E-state index is 5.85. The summed E-state index contributed by atoms with van der Waals surface area (Å²) < 4.78 is 5.85. The molecule has 0 aromatic heterocycles. The minimum atomic E-state index is -1.56. The number of rotatable bonds is 11. The SMILES string of the molecule is CCCCCC/C(=C\C#C[Si](C)(C)C(C)(C)C)CC(CCc1ccccc1)OC. The van der Waals surface area contributed by atoms with Crippen molar-refractivity contribution < 1.29 is 4.74 Å². The van der Waals surface area contributed by atoms with E-state index in [1.54, 1.807) is 0 Å². The molecule has 0 aliphatic heterocycles. The first-order chi connectivity index (χ1) is 13.7. The summed E-state index contributed by atoms with van der Waals surface area (Å²) in [5, 5.41) is 0.305. The van der Waals surface area contributed by atoms with Crippen LogP contribution >= 0.6 is 0 Å². The fourth-order valence-corrected chi connectivity index (χ4v) is 3.89. The van der Waals surface area contributed by atoms with Crippen LogP contribution in [0, 0.1) is 11.5 Å². The summed E-state index contributed by atoms with van der Waals surface area (Å²) >= 11 is 0. The topological polar surface area (TPSA) is 9.23 Å². The van der Waals surface area contributed by atoms with Gasteiger partial charge in [0.1, 0.15) is 8.07 Å². The third-order valence-electron chi connectivity index (χ3n) is 6.31. The summed E-state index contributed by atoms with van der Waals surface area (Å²) in [6.45, 7) is 14.0. The Morgan fingerprint density at radius 3 is 2.38 bits per heavy atom. The highest BCUT2D eigenvalue weighted by atomic mass is 28.3. The molecule has 0 saturated heterocycles. The minimum absolute atomic E-state index is 0.266. The molecule has 1 atom stereocenters. The van der Waals surface area contributed by atoms with E-state index in [-0.39, 0.29) is 6.10 Å². The smallest absolute Gasteiger partial charge is 0.138 e. The number of hydrogen-bond donors (Lipinski definition) is 0. The maximum Gasteiger partial charge on any atom is 0.138 e. The first-order valence-electron chi connectivity index (χ1n) is 11.5. The second kappa shape index (κ2) is 13.1. The predicted octanol–water partition coefficient (Wildman–Crippen LogP) is 7.97. The van der Waals surface area contributed by atoms with Crippen LogP contribution < -0.4 is 0 Å². The first kappa shape index (κ1) is 25.7. The van der Waals surface area contributed by atoms with Gasteiger partial charge < -0.3 is 4.74 Å². The molecule has 0 fully saturated rings. The molecular weight excluding hydrogens is 368 g/mol. The van der Waals surface area contributed by atoms with Gasteiger partial charge in [0.15, 0.2) is 0 Å². The van der Waals surface area contributed by atoms with E-state index in [1.807, 2.05) is 7.11 Å². The number of ether oxygens (including phenoxy) is 1. The molecule has 0 aliphatic rings. The lowest BCUT2D eigenvalue weighted by atomic mass is 9.97. The van der Waals surface area contributed by atoms with Crippen LogP contribution in [0.2, 0.25) is 18.1 Å². The van der Waals surface area contributed by atoms with Crippen molar-refractivity contribution in [1.82, 2.24) is 0 Å². The molecule has 1 nitrogen and oxygen atoms in total. The molecule has 0 amide bonds. The van der Waals surface area contributed by atoms with Crippen LogP contribution in [0.3, 0.4) is 0 Å². The minimum Gasteiger partial charge on any atom is -0.381 e. The highest BCUT2D eigenvalue weighted by Gasteiger charge is 2.33. The number of aryl methyl sites for hydroxylation is 1. The molecular formula is C27H44OSi. The lowest BCUT2D eigenvalue weighted by molar-refractivity contribution is 0.0950. The molecule has 1 aromatic carbocycles. The summed E-state index contributed by atoms with van der Waals surface area (Å²) in [5.41, 5.74) is 6.51. The van der Waals surface area contributed by atoms with Gasteiger partial charge in [0.25, 0.3) is 0 Å². The molecule has 0 radical (unpaired) electrons. The molecule has 1 unspecified atom stereocenters. The van der Waals surface area contributed by atoms with Crippen LogP contribution in [0.1, 0.15) is 78.2 Å². The Bertz CT molecular complexity index is 655. The summed E-state index contributed by atoms with van der Waals surface area (Å²) in [6.07, 6.45) is 11.9. The van der Waals surface area contributed by atoms with Gasteiger partial charge in [0.05, 0.1) is 6.10 Å². The van der Waals surface area contributed by atoms with Crippen LogP contribution in [0.5, 0.6) is 0 Å². The third kappa shape index (κ3) is 10.3. The Hall–Kier alpha value is -1.30. The van der Waals surface area contributed by atoms with E-state index in [4.69, 9.17) is 4.74 Å². The Kier molecular flexibility index (Phi) is 11.6. The predicted molar refractivity (Wildman–Crippen MR) is 132 cm³/mol. The molecule has 0 aliphatic carbocycles. The van der Waals surface area contributed by atoms with Gasteiger partial charge in [-0.15, -0.1) is 5.54 Å². The van der Waals surface area contributed by atoms with E-state index in [0.717, 1.165) is 25.7 Å². The number of hydrogen-bond acceptors (Lipinski definition) is 1. The van der Waals surface area contributed by atoms with Crippen molar-refractivity contribution in [3.63, 3.8) is 0 Å². The molecule has 0 heterocycles. The van der Waals surface area contributed by atoms with Gasteiger partial charge in [-0.25, -0.2) is 0 Å². The van der Waals surface area contributed by atoms with E-state index in [9.17, 15) is 0 Å². The van der Waals surface area contributed by atoms with E-state index < -0.39 is 8.07 Å². The van der Waals surface area contributed by atoms with Crippen LogP contribution in [-0.4, -0.2) is 21.3 Å². The average molecular weight is 413 g/mol. The van der Waals surface area contributed by atoms with Crippen molar-refractivity contribution in [2.75, 3.05) is 7.11 Å². The monoisotopic (exact) mass is 412 g/mol. The van der Waals surface area contributed by atoms with E-state index in [1.165, 1.54) is 36.8 Å². The van der Waals surface area contributed by atoms with Crippen molar-refractivity contribution in [2.24, 2.45) is 0 Å². The number of methoxy groups -OCH3 is 1. The molecule has 162 valence electrons. The quantitative estimate of drug-likeness (QED) is 0.203. The Balaban J connectivity index is 2.81. The molecule has 0 N–H and O–H groups in total. The first-order valence-corrected chi connectivity index (χ1v) is 14.5. The van der Waals surface area contributed by atoms with Gasteiger partial charge in [-0.2, -0.15) is 0 Å². The summed E-state index contributed by atoms with van der Waals surface area (Å²) in [6, 6.07) is 10.7. The van der Waals surface area contributed by atoms with Crippen LogP contribution in [0.4, 0.5) is 0 Å². The number of unbranched alkanes of at least 4 members (excludes halogenated alkanes) is 3. The van der Waals surface area contributed by atoms with Crippen LogP contribution in [0.25, 0.3) is 0 Å². The van der Waals surface area contributed by atoms with Gasteiger partial charge in [-0.05, 0) is 48.8 Å². The Morgan fingerprint density at radius 2 is 1.79 bits per heavy atom. The second-order valence-corrected chi connectivity index (χ2v) is 14.8. The zero-order chi connectivity index (χ0) is 21.8. The van der Waals surface area contributed by atoms with Gasteiger partial charge in [0, 0.05) is 7.11 Å². The van der Waals surface area contributed by atoms with Crippen LogP contribution in [0.15, 0.2) is 42.0 Å². The van der Waals surface area contributed by atoms with Crippen molar-refractivity contribution in [2.45, 2.75) is 103 Å². The molecule has 2 heteroatoms. The normalized spacial score (nSPS) is 13.7. The molecule has 0 spiro atoms. The molecule has 0 bridgehead atoms. The number of benzene rings is 1. The maximum atomic E-state index is 5.85. The number of allylic oxidation sites excluding steroid dienone is 1. The third-order valence-corrected chi connectivity index (χ3v) is 10.8. The fourth-order valence-electron chi connectivity index (χ4n) is 3.09. The van der Waals surface area contributed by atoms with E-state index in [0.29, 0.717) is 5.04 Å². The zero-order valence-corrected chi connectivity index (χ0v) is 21.1. The van der Waals surface area contributed by atoms with Crippen LogP contribution in [-0.2, 0) is 11.2 Å². The lowest BCUT2D eigenvalue weighted by Crippen LogP contribution is -2.35. The van der Waals surface area contributed by atoms with Gasteiger partial charge in [-0.3, -0.25) is 0 Å². The van der Waals surface area contributed by atoms with E-state index >= 15 is 0 Å². The zero-order valence-electron chi connectivity index (χ0n) is 20.1. The lowest BCUT2D eigenvalue weighted by Gasteiger charge is -2.31. The highest BCUT2D eigenvalue weighted by Crippen LogP contribution is 2.35. The molecule has 1 aromatic rings. The van der Waals surface area contributed by atoms with Crippen molar-refractivity contribution in [3.05, 3.63) is 47.5 Å². The standard InChI is InChI=1S/C27H44OSi/c1-8-9-10-12-18-25(19-15-22-29(6,7)27(2,3)4)23-26(28-5)21-20-24-16-13-11-14-17-24/h11,13-14,16-17,19,26H,8-10,12,18,20-21,23H2,1-7H3/b25-19+. The van der Waals surface area contributed by atoms with Gasteiger partial charge >= 0.3 is 0 Å². The molecule has 29 heavy (non-hydrogen) atoms. The second-order valence-electron chi connectivity index (χ2n) is 9.84. The summed E-state index contributed by atoms with van der Waals surface area (Å²) in [4.78, 5) is 0. The average Bonchev–Trinajstić information content (AvgIpc) is 2.67. The Morgan fingerprint density at radius 1 is 1.10 bits per heavy atom. The fraction of sp³-hybridized carbons (Fsp3) is 0.630. The van der Waals surface area contributed by atoms with Gasteiger partial charge in [-0.1, -0.05) is 102 Å². The summed E-state index contributed by atoms with van der Waals surface area (Å²) in [7, 11) is 0.293.